The van der Waals surface area contributed by atoms with Crippen molar-refractivity contribution in [1.29, 1.82) is 0 Å². The van der Waals surface area contributed by atoms with Gasteiger partial charge in [0, 0.05) is 12.7 Å². The minimum atomic E-state index is -0.550. The Morgan fingerprint density at radius 1 is 1.14 bits per heavy atom. The maximum Gasteiger partial charge on any atom is 0.276 e. The summed E-state index contributed by atoms with van der Waals surface area (Å²) in [4.78, 5) is 20.8. The fourth-order valence-electron chi connectivity index (χ4n) is 3.09. The average Bonchev–Trinajstić information content (AvgIpc) is 3.08. The van der Waals surface area contributed by atoms with Crippen molar-refractivity contribution in [3.63, 3.8) is 0 Å². The Kier molecular flexibility index (Phi) is 4.78. The van der Waals surface area contributed by atoms with Crippen LogP contribution in [0.4, 0.5) is 5.82 Å². The molecular formula is C20H19N7O2. The van der Waals surface area contributed by atoms with Crippen LogP contribution in [0.5, 0.6) is 5.88 Å². The summed E-state index contributed by atoms with van der Waals surface area (Å²) in [6, 6.07) is 13.3. The Balaban J connectivity index is 1.77. The SMILES string of the molecule is COc1nnc(-c2c(C)nc3c(C(N)=O)cccn23)nc1NCc1ccccc1. The quantitative estimate of drug-likeness (QED) is 0.519. The number of nitrogens with two attached hydrogens (primary N) is 1. The maximum atomic E-state index is 11.7. The molecule has 9 heteroatoms. The Bertz CT molecular complexity index is 1190. The van der Waals surface area contributed by atoms with Crippen molar-refractivity contribution in [2.75, 3.05) is 12.4 Å². The van der Waals surface area contributed by atoms with E-state index in [1.165, 1.54) is 7.11 Å². The number of imidazole rings is 1. The molecule has 0 bridgehead atoms. The van der Waals surface area contributed by atoms with Crippen LogP contribution in [0.2, 0.25) is 0 Å². The molecule has 1 amide bonds. The first-order valence-corrected chi connectivity index (χ1v) is 8.93. The Morgan fingerprint density at radius 3 is 2.66 bits per heavy atom. The molecule has 0 radical (unpaired) electrons. The number of pyridine rings is 1. The van der Waals surface area contributed by atoms with Crippen molar-refractivity contribution < 1.29 is 9.53 Å². The molecule has 4 rings (SSSR count). The third kappa shape index (κ3) is 3.45. The molecule has 1 aromatic carbocycles. The highest BCUT2D eigenvalue weighted by atomic mass is 16.5. The molecule has 3 aromatic heterocycles. The van der Waals surface area contributed by atoms with Crippen LogP contribution in [0.25, 0.3) is 17.2 Å². The second-order valence-electron chi connectivity index (χ2n) is 6.36. The largest absolute Gasteiger partial charge is 0.477 e. The molecule has 0 aliphatic heterocycles. The van der Waals surface area contributed by atoms with Crippen molar-refractivity contribution in [2.24, 2.45) is 5.73 Å². The number of carbonyl (C=O) groups excluding carboxylic acids is 1. The minimum absolute atomic E-state index is 0.286. The predicted molar refractivity (Wildman–Crippen MR) is 108 cm³/mol. The minimum Gasteiger partial charge on any atom is -0.477 e. The zero-order chi connectivity index (χ0) is 20.4. The number of amides is 1. The number of hydrogen-bond donors (Lipinski definition) is 2. The smallest absolute Gasteiger partial charge is 0.276 e. The molecule has 0 aliphatic rings. The lowest BCUT2D eigenvalue weighted by molar-refractivity contribution is 0.100. The molecule has 4 aromatic rings. The van der Waals surface area contributed by atoms with E-state index >= 15 is 0 Å². The van der Waals surface area contributed by atoms with Crippen LogP contribution in [0.3, 0.4) is 0 Å². The van der Waals surface area contributed by atoms with Gasteiger partial charge in [0.2, 0.25) is 5.82 Å². The highest BCUT2D eigenvalue weighted by molar-refractivity contribution is 5.99. The van der Waals surface area contributed by atoms with Crippen LogP contribution in [0.15, 0.2) is 48.7 Å². The van der Waals surface area contributed by atoms with Gasteiger partial charge in [0.05, 0.1) is 18.4 Å². The lowest BCUT2D eigenvalue weighted by Gasteiger charge is -2.10. The number of primary amides is 1. The van der Waals surface area contributed by atoms with Crippen molar-refractivity contribution in [3.8, 4) is 17.4 Å². The number of nitrogens with one attached hydrogen (secondary N) is 1. The van der Waals surface area contributed by atoms with Crippen molar-refractivity contribution in [1.82, 2.24) is 24.6 Å². The van der Waals surface area contributed by atoms with E-state index in [1.807, 2.05) is 37.3 Å². The fourth-order valence-corrected chi connectivity index (χ4v) is 3.09. The number of aryl methyl sites for hydroxylation is 1. The second-order valence-corrected chi connectivity index (χ2v) is 6.36. The lowest BCUT2D eigenvalue weighted by Crippen LogP contribution is -2.12. The molecule has 3 heterocycles. The van der Waals surface area contributed by atoms with Gasteiger partial charge in [-0.05, 0) is 24.6 Å². The highest BCUT2D eigenvalue weighted by Crippen LogP contribution is 2.26. The normalized spacial score (nSPS) is 10.8. The van der Waals surface area contributed by atoms with Crippen LogP contribution in [-0.4, -0.2) is 37.6 Å². The van der Waals surface area contributed by atoms with Gasteiger partial charge in [-0.2, -0.15) is 0 Å². The molecule has 0 spiro atoms. The number of carbonyl (C=O) groups is 1. The molecule has 0 fully saturated rings. The number of aromatic nitrogens is 5. The van der Waals surface area contributed by atoms with E-state index in [9.17, 15) is 4.79 Å². The van der Waals surface area contributed by atoms with Gasteiger partial charge in [0.25, 0.3) is 11.8 Å². The number of ether oxygens (including phenoxy) is 1. The summed E-state index contributed by atoms with van der Waals surface area (Å²) in [6.07, 6.45) is 1.78. The summed E-state index contributed by atoms with van der Waals surface area (Å²) < 4.78 is 7.03. The summed E-state index contributed by atoms with van der Waals surface area (Å²) in [5, 5.41) is 11.6. The van der Waals surface area contributed by atoms with E-state index < -0.39 is 5.91 Å². The van der Waals surface area contributed by atoms with E-state index in [2.05, 4.69) is 25.5 Å². The van der Waals surface area contributed by atoms with Crippen LogP contribution < -0.4 is 15.8 Å². The summed E-state index contributed by atoms with van der Waals surface area (Å²) in [6.45, 7) is 2.37. The monoisotopic (exact) mass is 389 g/mol. The Hall–Kier alpha value is -4.01. The van der Waals surface area contributed by atoms with Crippen molar-refractivity contribution in [2.45, 2.75) is 13.5 Å². The van der Waals surface area contributed by atoms with E-state index in [-0.39, 0.29) is 5.88 Å². The van der Waals surface area contributed by atoms with Gasteiger partial charge in [0.15, 0.2) is 5.82 Å². The van der Waals surface area contributed by atoms with Gasteiger partial charge >= 0.3 is 0 Å². The topological polar surface area (TPSA) is 120 Å². The number of rotatable bonds is 6. The first-order chi connectivity index (χ1) is 14.1. The van der Waals surface area contributed by atoms with Gasteiger partial charge < -0.3 is 15.8 Å². The van der Waals surface area contributed by atoms with E-state index in [0.29, 0.717) is 40.8 Å². The second kappa shape index (κ2) is 7.55. The molecule has 29 heavy (non-hydrogen) atoms. The van der Waals surface area contributed by atoms with Gasteiger partial charge in [0.1, 0.15) is 11.3 Å². The summed E-state index contributed by atoms with van der Waals surface area (Å²) in [7, 11) is 1.51. The summed E-state index contributed by atoms with van der Waals surface area (Å²) in [5.41, 5.74) is 8.61. The van der Waals surface area contributed by atoms with Crippen LogP contribution in [0.1, 0.15) is 21.6 Å². The average molecular weight is 389 g/mol. The number of benzene rings is 1. The summed E-state index contributed by atoms with van der Waals surface area (Å²) >= 11 is 0. The van der Waals surface area contributed by atoms with E-state index in [4.69, 9.17) is 10.5 Å². The zero-order valence-electron chi connectivity index (χ0n) is 16.0. The Labute approximate surface area is 166 Å². The third-order valence-electron chi connectivity index (χ3n) is 4.45. The predicted octanol–water partition coefficient (Wildman–Crippen LogP) is 2.21. The zero-order valence-corrected chi connectivity index (χ0v) is 16.0. The standard InChI is InChI=1S/C20H19N7O2/c1-12-15(27-10-6-9-14(16(21)28)19(27)23-12)17-24-18(20(29-2)26-25-17)22-11-13-7-4-3-5-8-13/h3-10H,11H2,1-2H3,(H2,21,28)(H,22,24,25). The number of methoxy groups -OCH3 is 1. The molecule has 0 unspecified atom stereocenters. The van der Waals surface area contributed by atoms with Gasteiger partial charge in [-0.1, -0.05) is 30.3 Å². The van der Waals surface area contributed by atoms with Crippen molar-refractivity contribution in [3.05, 3.63) is 65.5 Å². The molecule has 9 nitrogen and oxygen atoms in total. The number of nitrogens with zero attached hydrogens (tertiary/aromatic N) is 5. The number of hydrogen-bond acceptors (Lipinski definition) is 7. The maximum absolute atomic E-state index is 11.7. The highest BCUT2D eigenvalue weighted by Gasteiger charge is 2.20. The van der Waals surface area contributed by atoms with Gasteiger partial charge in [-0.15, -0.1) is 10.2 Å². The molecule has 146 valence electrons. The molecular weight excluding hydrogens is 370 g/mol. The van der Waals surface area contributed by atoms with Gasteiger partial charge in [-0.3, -0.25) is 9.20 Å². The number of fused-ring (bicyclic) bond motifs is 1. The Morgan fingerprint density at radius 2 is 1.93 bits per heavy atom. The first kappa shape index (κ1) is 18.4. The fraction of sp³-hybridized carbons (Fsp3) is 0.150. The molecule has 0 atom stereocenters. The van der Waals surface area contributed by atoms with Crippen molar-refractivity contribution >= 4 is 17.4 Å². The van der Waals surface area contributed by atoms with Crippen LogP contribution in [-0.2, 0) is 6.54 Å². The lowest BCUT2D eigenvalue weighted by atomic mass is 10.2. The molecule has 0 saturated heterocycles. The van der Waals surface area contributed by atoms with E-state index in [1.54, 1.807) is 22.7 Å². The van der Waals surface area contributed by atoms with Gasteiger partial charge in [-0.25, -0.2) is 9.97 Å². The molecule has 0 aliphatic carbocycles. The summed E-state index contributed by atoms with van der Waals surface area (Å²) in [5.74, 6) is 0.551. The molecule has 0 saturated carbocycles. The molecule has 3 N–H and O–H groups in total. The van der Waals surface area contributed by atoms with Crippen LogP contribution in [0, 0.1) is 6.92 Å². The first-order valence-electron chi connectivity index (χ1n) is 8.93. The van der Waals surface area contributed by atoms with Crippen LogP contribution >= 0.6 is 0 Å². The van der Waals surface area contributed by atoms with E-state index in [0.717, 1.165) is 5.56 Å². The number of anilines is 1. The third-order valence-corrected chi connectivity index (χ3v) is 4.45.